The fourth-order valence-corrected chi connectivity index (χ4v) is 2.11. The van der Waals surface area contributed by atoms with E-state index in [0.717, 1.165) is 0 Å². The van der Waals surface area contributed by atoms with E-state index in [9.17, 15) is 9.59 Å². The van der Waals surface area contributed by atoms with Crippen LogP contribution in [0, 0.1) is 0 Å². The zero-order valence-corrected chi connectivity index (χ0v) is 10.4. The second-order valence-corrected chi connectivity index (χ2v) is 4.05. The highest BCUT2D eigenvalue weighted by Gasteiger charge is 2.35. The van der Waals surface area contributed by atoms with Crippen LogP contribution in [0.25, 0.3) is 0 Å². The van der Waals surface area contributed by atoms with E-state index >= 15 is 0 Å². The Labute approximate surface area is 101 Å². The van der Waals surface area contributed by atoms with Crippen LogP contribution >= 0.6 is 0 Å². The molecule has 1 aliphatic rings. The van der Waals surface area contributed by atoms with Gasteiger partial charge in [0.2, 0.25) is 11.8 Å². The standard InChI is InChI=1S/C11H21N3O3/c1-3-8(10(12)15)14-5-6-17-7-9(14)11(16)13-4-2/h8-9H,3-7H2,1-2H3,(H2,12,15)(H,13,16). The zero-order chi connectivity index (χ0) is 12.8. The van der Waals surface area contributed by atoms with Gasteiger partial charge in [-0.05, 0) is 13.3 Å². The van der Waals surface area contributed by atoms with Crippen LogP contribution in [0.3, 0.4) is 0 Å². The molecule has 3 N–H and O–H groups in total. The first-order valence-electron chi connectivity index (χ1n) is 6.02. The molecule has 6 heteroatoms. The predicted octanol–water partition coefficient (Wildman–Crippen LogP) is -0.913. The molecule has 1 rings (SSSR count). The third kappa shape index (κ3) is 3.41. The van der Waals surface area contributed by atoms with Crippen LogP contribution in [0.5, 0.6) is 0 Å². The molecule has 0 aromatic rings. The lowest BCUT2D eigenvalue weighted by Crippen LogP contribution is -2.59. The number of hydrogen-bond donors (Lipinski definition) is 2. The van der Waals surface area contributed by atoms with Crippen molar-refractivity contribution in [3.63, 3.8) is 0 Å². The van der Waals surface area contributed by atoms with Crippen LogP contribution in [0.4, 0.5) is 0 Å². The van der Waals surface area contributed by atoms with Gasteiger partial charge in [-0.3, -0.25) is 14.5 Å². The number of carbonyl (C=O) groups is 2. The van der Waals surface area contributed by atoms with Crippen molar-refractivity contribution in [1.82, 2.24) is 10.2 Å². The molecule has 0 spiro atoms. The maximum atomic E-state index is 11.9. The van der Waals surface area contributed by atoms with E-state index in [4.69, 9.17) is 10.5 Å². The number of ether oxygens (including phenoxy) is 1. The maximum Gasteiger partial charge on any atom is 0.239 e. The number of amides is 2. The van der Waals surface area contributed by atoms with Gasteiger partial charge in [-0.15, -0.1) is 0 Å². The van der Waals surface area contributed by atoms with Gasteiger partial charge in [0.15, 0.2) is 0 Å². The number of nitrogens with two attached hydrogens (primary N) is 1. The van der Waals surface area contributed by atoms with E-state index in [2.05, 4.69) is 5.32 Å². The quantitative estimate of drug-likeness (QED) is 0.654. The third-order valence-corrected chi connectivity index (χ3v) is 2.94. The molecule has 2 unspecified atom stereocenters. The van der Waals surface area contributed by atoms with Crippen LogP contribution in [0.1, 0.15) is 20.3 Å². The lowest BCUT2D eigenvalue weighted by molar-refractivity contribution is -0.139. The molecule has 17 heavy (non-hydrogen) atoms. The number of morpholine rings is 1. The van der Waals surface area contributed by atoms with Crippen molar-refractivity contribution in [2.75, 3.05) is 26.3 Å². The molecule has 1 heterocycles. The molecule has 6 nitrogen and oxygen atoms in total. The van der Waals surface area contributed by atoms with Crippen LogP contribution < -0.4 is 11.1 Å². The first kappa shape index (κ1) is 13.9. The smallest absolute Gasteiger partial charge is 0.239 e. The number of carbonyl (C=O) groups excluding carboxylic acids is 2. The number of primary amides is 1. The van der Waals surface area contributed by atoms with Gasteiger partial charge in [-0.2, -0.15) is 0 Å². The number of likely N-dealkylation sites (N-methyl/N-ethyl adjacent to an activating group) is 1. The molecular weight excluding hydrogens is 222 g/mol. The van der Waals surface area contributed by atoms with E-state index in [1.807, 2.05) is 18.7 Å². The summed E-state index contributed by atoms with van der Waals surface area (Å²) in [6.45, 7) is 5.71. The minimum Gasteiger partial charge on any atom is -0.378 e. The molecule has 2 amide bonds. The first-order chi connectivity index (χ1) is 8.11. The molecule has 98 valence electrons. The van der Waals surface area contributed by atoms with E-state index in [1.54, 1.807) is 0 Å². The largest absolute Gasteiger partial charge is 0.378 e. The van der Waals surface area contributed by atoms with Crippen molar-refractivity contribution in [3.05, 3.63) is 0 Å². The van der Waals surface area contributed by atoms with Crippen molar-refractivity contribution < 1.29 is 14.3 Å². The molecule has 1 saturated heterocycles. The van der Waals surface area contributed by atoms with Crippen LogP contribution in [0.2, 0.25) is 0 Å². The van der Waals surface area contributed by atoms with Gasteiger partial charge in [0.1, 0.15) is 6.04 Å². The Balaban J connectivity index is 2.77. The molecule has 0 radical (unpaired) electrons. The second kappa shape index (κ2) is 6.56. The molecule has 1 aliphatic heterocycles. The lowest BCUT2D eigenvalue weighted by atomic mass is 10.1. The van der Waals surface area contributed by atoms with Gasteiger partial charge in [0.25, 0.3) is 0 Å². The summed E-state index contributed by atoms with van der Waals surface area (Å²) >= 11 is 0. The van der Waals surface area contributed by atoms with Gasteiger partial charge >= 0.3 is 0 Å². The summed E-state index contributed by atoms with van der Waals surface area (Å²) in [4.78, 5) is 25.1. The SMILES string of the molecule is CCNC(=O)C1COCCN1C(CC)C(N)=O. The van der Waals surface area contributed by atoms with Crippen molar-refractivity contribution in [2.45, 2.75) is 32.4 Å². The van der Waals surface area contributed by atoms with Crippen molar-refractivity contribution in [2.24, 2.45) is 5.73 Å². The first-order valence-corrected chi connectivity index (χ1v) is 6.02. The van der Waals surface area contributed by atoms with Gasteiger partial charge in [-0.25, -0.2) is 0 Å². The molecular formula is C11H21N3O3. The van der Waals surface area contributed by atoms with Crippen molar-refractivity contribution in [1.29, 1.82) is 0 Å². The Hall–Kier alpha value is -1.14. The van der Waals surface area contributed by atoms with Crippen molar-refractivity contribution in [3.8, 4) is 0 Å². The molecule has 1 fully saturated rings. The fourth-order valence-electron chi connectivity index (χ4n) is 2.11. The van der Waals surface area contributed by atoms with E-state index in [1.165, 1.54) is 0 Å². The average Bonchev–Trinajstić information content (AvgIpc) is 2.30. The number of nitrogens with one attached hydrogen (secondary N) is 1. The van der Waals surface area contributed by atoms with Crippen LogP contribution in [0.15, 0.2) is 0 Å². The number of nitrogens with zero attached hydrogens (tertiary/aromatic N) is 1. The summed E-state index contributed by atoms with van der Waals surface area (Å²) in [6, 6.07) is -0.812. The minimum atomic E-state index is -0.416. The van der Waals surface area contributed by atoms with E-state index in [0.29, 0.717) is 32.7 Å². The average molecular weight is 243 g/mol. The Morgan fingerprint density at radius 3 is 2.76 bits per heavy atom. The molecule has 0 saturated carbocycles. The number of hydrogen-bond acceptors (Lipinski definition) is 4. The summed E-state index contributed by atoms with van der Waals surface area (Å²) in [7, 11) is 0. The summed E-state index contributed by atoms with van der Waals surface area (Å²) < 4.78 is 5.30. The molecule has 2 atom stereocenters. The molecule has 0 aromatic carbocycles. The topological polar surface area (TPSA) is 84.7 Å². The maximum absolute atomic E-state index is 11.9. The van der Waals surface area contributed by atoms with Crippen LogP contribution in [-0.4, -0.2) is 55.1 Å². The highest BCUT2D eigenvalue weighted by Crippen LogP contribution is 2.14. The Bertz CT molecular complexity index is 283. The Kier molecular flexibility index (Phi) is 5.37. The zero-order valence-electron chi connectivity index (χ0n) is 10.4. The summed E-state index contributed by atoms with van der Waals surface area (Å²) in [6.07, 6.45) is 0.602. The Morgan fingerprint density at radius 1 is 1.53 bits per heavy atom. The summed E-state index contributed by atoms with van der Waals surface area (Å²) in [5.41, 5.74) is 5.36. The van der Waals surface area contributed by atoms with Gasteiger partial charge < -0.3 is 15.8 Å². The van der Waals surface area contributed by atoms with E-state index < -0.39 is 12.1 Å². The molecule has 0 aromatic heterocycles. The summed E-state index contributed by atoms with van der Waals surface area (Å²) in [5, 5.41) is 2.75. The minimum absolute atomic E-state index is 0.105. The Morgan fingerprint density at radius 2 is 2.24 bits per heavy atom. The van der Waals surface area contributed by atoms with Crippen molar-refractivity contribution >= 4 is 11.8 Å². The highest BCUT2D eigenvalue weighted by atomic mass is 16.5. The normalized spacial score (nSPS) is 23.1. The molecule has 0 aliphatic carbocycles. The van der Waals surface area contributed by atoms with Gasteiger partial charge in [0, 0.05) is 13.1 Å². The monoisotopic (exact) mass is 243 g/mol. The van der Waals surface area contributed by atoms with Gasteiger partial charge in [-0.1, -0.05) is 6.92 Å². The molecule has 0 bridgehead atoms. The fraction of sp³-hybridized carbons (Fsp3) is 0.818. The van der Waals surface area contributed by atoms with Gasteiger partial charge in [0.05, 0.1) is 19.3 Å². The number of rotatable bonds is 5. The highest BCUT2D eigenvalue weighted by molar-refractivity contribution is 5.84. The lowest BCUT2D eigenvalue weighted by Gasteiger charge is -2.38. The predicted molar refractivity (Wildman–Crippen MR) is 63.3 cm³/mol. The van der Waals surface area contributed by atoms with Crippen LogP contribution in [-0.2, 0) is 14.3 Å². The second-order valence-electron chi connectivity index (χ2n) is 4.05. The summed E-state index contributed by atoms with van der Waals surface area (Å²) in [5.74, 6) is -0.490. The van der Waals surface area contributed by atoms with E-state index in [-0.39, 0.29) is 11.8 Å². The third-order valence-electron chi connectivity index (χ3n) is 2.94.